The predicted octanol–water partition coefficient (Wildman–Crippen LogP) is 9.34. The van der Waals surface area contributed by atoms with Crippen LogP contribution in [0, 0.1) is 0 Å². The lowest BCUT2D eigenvalue weighted by Crippen LogP contribution is -2.34. The lowest BCUT2D eigenvalue weighted by molar-refractivity contribution is -0.161. The number of allylic oxidation sites excluding steroid dienone is 7. The van der Waals surface area contributed by atoms with Gasteiger partial charge in [0.15, 0.2) is 6.10 Å². The zero-order valence-electron chi connectivity index (χ0n) is 35.6. The molecule has 336 valence electrons. The average molecular weight is 844 g/mol. The highest BCUT2D eigenvalue weighted by Gasteiger charge is 2.28. The first-order valence-electron chi connectivity index (χ1n) is 21.8. The number of ether oxygens (including phenoxy) is 2. The number of esters is 2. The number of carbonyl (C=O) groups is 3. The zero-order valence-corrected chi connectivity index (χ0v) is 36.5. The average Bonchev–Trinajstić information content (AvgIpc) is 3.19. The summed E-state index contributed by atoms with van der Waals surface area (Å²) in [5.41, 5.74) is 5.32. The van der Waals surface area contributed by atoms with Crippen molar-refractivity contribution in [1.29, 1.82) is 0 Å². The molecule has 0 amide bonds. The van der Waals surface area contributed by atoms with Crippen LogP contribution in [0.4, 0.5) is 0 Å². The predicted molar refractivity (Wildman–Crippen MR) is 229 cm³/mol. The van der Waals surface area contributed by atoms with E-state index in [1.165, 1.54) is 64.2 Å². The van der Waals surface area contributed by atoms with Gasteiger partial charge in [-0.05, 0) is 51.4 Å². The number of phosphoric ester groups is 1. The highest BCUT2D eigenvalue weighted by Crippen LogP contribution is 2.43. The van der Waals surface area contributed by atoms with Crippen molar-refractivity contribution in [2.45, 2.75) is 192 Å². The molecule has 13 nitrogen and oxygen atoms in total. The van der Waals surface area contributed by atoms with E-state index >= 15 is 0 Å². The van der Waals surface area contributed by atoms with E-state index in [-0.39, 0.29) is 32.1 Å². The topological polar surface area (TPSA) is 212 Å². The first-order chi connectivity index (χ1) is 27.9. The van der Waals surface area contributed by atoms with Gasteiger partial charge in [0.05, 0.1) is 25.4 Å². The molecule has 0 bridgehead atoms. The molecular weight excluding hydrogens is 765 g/mol. The monoisotopic (exact) mass is 844 g/mol. The third-order valence-electron chi connectivity index (χ3n) is 9.29. The molecule has 0 aromatic heterocycles. The number of phosphoric acid groups is 1. The molecule has 0 aromatic carbocycles. The van der Waals surface area contributed by atoms with E-state index in [1.54, 1.807) is 6.08 Å². The molecule has 58 heavy (non-hydrogen) atoms. The van der Waals surface area contributed by atoms with Gasteiger partial charge >= 0.3 is 25.7 Å². The van der Waals surface area contributed by atoms with Crippen LogP contribution < -0.4 is 5.73 Å². The Kier molecular flexibility index (Phi) is 36.8. The summed E-state index contributed by atoms with van der Waals surface area (Å²) in [7, 11) is -4.78. The number of aliphatic carboxylic acids is 1. The molecular formula is C44H78NO12P. The Morgan fingerprint density at radius 2 is 1.07 bits per heavy atom. The molecule has 0 aliphatic rings. The normalized spacial score (nSPS) is 15.3. The summed E-state index contributed by atoms with van der Waals surface area (Å²) in [5, 5.41) is 29.5. The molecule has 0 spiro atoms. The number of carboxylic acids is 1. The smallest absolute Gasteiger partial charge is 0.472 e. The molecule has 0 aliphatic heterocycles. The van der Waals surface area contributed by atoms with E-state index < -0.39 is 69.9 Å². The molecule has 5 atom stereocenters. The standard InChI is InChI=1S/C44H78NO12P/c1-3-5-7-9-11-13-15-17-18-19-21-23-25-27-29-33-43(49)57-38(36-55-58(52,53)56-37-39(45)44(50)51)35-54-42(48)34-30-32-41(47)40(46)31-28-26-24-22-20-16-14-12-10-8-6-4-2/h6,8,12,14,20,22,26,28,38-41,46-47H,3-5,7,9-11,13,15-19,21,23-25,27,29-37,45H2,1-2H3,(H,50,51)(H,52,53)/b8-6-,14-12-,22-20-,28-26-/t38-,39+,40+,41+/m1/s1. The zero-order chi connectivity index (χ0) is 43.1. The summed E-state index contributed by atoms with van der Waals surface area (Å²) in [4.78, 5) is 46.0. The first-order valence-corrected chi connectivity index (χ1v) is 23.3. The van der Waals surface area contributed by atoms with Gasteiger partial charge in [0.2, 0.25) is 0 Å². The van der Waals surface area contributed by atoms with Gasteiger partial charge in [0.25, 0.3) is 0 Å². The Morgan fingerprint density at radius 1 is 0.603 bits per heavy atom. The van der Waals surface area contributed by atoms with Crippen LogP contribution in [0.3, 0.4) is 0 Å². The van der Waals surface area contributed by atoms with E-state index in [1.807, 2.05) is 12.2 Å². The van der Waals surface area contributed by atoms with Crippen LogP contribution in [0.1, 0.15) is 168 Å². The van der Waals surface area contributed by atoms with Crippen LogP contribution in [-0.2, 0) is 37.5 Å². The Bertz CT molecular complexity index is 1210. The minimum Gasteiger partial charge on any atom is -0.480 e. The number of aliphatic hydroxyl groups excluding tert-OH is 2. The maximum Gasteiger partial charge on any atom is 0.472 e. The number of hydrogen-bond acceptors (Lipinski definition) is 11. The molecule has 1 unspecified atom stereocenters. The summed E-state index contributed by atoms with van der Waals surface area (Å²) in [6.45, 7) is 2.39. The van der Waals surface area contributed by atoms with Crippen molar-refractivity contribution in [2.75, 3.05) is 19.8 Å². The van der Waals surface area contributed by atoms with E-state index in [2.05, 4.69) is 48.8 Å². The van der Waals surface area contributed by atoms with Crippen molar-refractivity contribution in [3.05, 3.63) is 48.6 Å². The molecule has 6 N–H and O–H groups in total. The van der Waals surface area contributed by atoms with Gasteiger partial charge < -0.3 is 35.4 Å². The number of carbonyl (C=O) groups excluding carboxylic acids is 2. The van der Waals surface area contributed by atoms with Crippen LogP contribution in [0.2, 0.25) is 0 Å². The van der Waals surface area contributed by atoms with Crippen molar-refractivity contribution in [3.8, 4) is 0 Å². The van der Waals surface area contributed by atoms with Crippen LogP contribution >= 0.6 is 7.82 Å². The number of aliphatic hydroxyl groups is 2. The number of hydrogen-bond donors (Lipinski definition) is 5. The second-order valence-corrected chi connectivity index (χ2v) is 16.2. The van der Waals surface area contributed by atoms with Gasteiger partial charge in [-0.2, -0.15) is 0 Å². The Balaban J connectivity index is 4.59. The fourth-order valence-corrected chi connectivity index (χ4v) is 6.52. The molecule has 0 rings (SSSR count). The molecule has 0 radical (unpaired) electrons. The fourth-order valence-electron chi connectivity index (χ4n) is 5.74. The Hall–Kier alpha value is -2.64. The molecule has 0 saturated heterocycles. The number of rotatable bonds is 40. The molecule has 0 saturated carbocycles. The minimum atomic E-state index is -4.78. The molecule has 0 heterocycles. The summed E-state index contributed by atoms with van der Waals surface area (Å²) < 4.78 is 32.5. The van der Waals surface area contributed by atoms with Crippen LogP contribution in [-0.4, -0.2) is 82.3 Å². The largest absolute Gasteiger partial charge is 0.480 e. The number of nitrogens with two attached hydrogens (primary N) is 1. The van der Waals surface area contributed by atoms with Crippen molar-refractivity contribution < 1.29 is 57.7 Å². The summed E-state index contributed by atoms with van der Waals surface area (Å²) >= 11 is 0. The third-order valence-corrected chi connectivity index (χ3v) is 10.2. The number of carboxylic acid groups (broad SMARTS) is 1. The maximum atomic E-state index is 12.6. The second-order valence-electron chi connectivity index (χ2n) is 14.8. The van der Waals surface area contributed by atoms with E-state index in [9.17, 15) is 34.1 Å². The van der Waals surface area contributed by atoms with E-state index in [0.29, 0.717) is 12.8 Å². The summed E-state index contributed by atoms with van der Waals surface area (Å²) in [6, 6.07) is -1.56. The van der Waals surface area contributed by atoms with Crippen LogP contribution in [0.5, 0.6) is 0 Å². The van der Waals surface area contributed by atoms with Gasteiger partial charge in [-0.1, -0.05) is 152 Å². The molecule has 0 fully saturated rings. The fraction of sp³-hybridized carbons (Fsp3) is 0.750. The van der Waals surface area contributed by atoms with Crippen molar-refractivity contribution in [1.82, 2.24) is 0 Å². The lowest BCUT2D eigenvalue weighted by atomic mass is 10.0. The van der Waals surface area contributed by atoms with Gasteiger partial charge in [-0.25, -0.2) is 4.57 Å². The molecule has 0 aromatic rings. The highest BCUT2D eigenvalue weighted by molar-refractivity contribution is 7.47. The second kappa shape index (κ2) is 38.6. The third kappa shape index (κ3) is 36.4. The molecule has 14 heteroatoms. The summed E-state index contributed by atoms with van der Waals surface area (Å²) in [6.07, 6.45) is 34.9. The van der Waals surface area contributed by atoms with E-state index in [4.69, 9.17) is 24.8 Å². The maximum absolute atomic E-state index is 12.6. The van der Waals surface area contributed by atoms with Crippen molar-refractivity contribution >= 4 is 25.7 Å². The number of unbranched alkanes of at least 4 members (excludes halogenated alkanes) is 14. The van der Waals surface area contributed by atoms with E-state index in [0.717, 1.165) is 44.9 Å². The first kappa shape index (κ1) is 55.4. The van der Waals surface area contributed by atoms with Gasteiger partial charge in [-0.3, -0.25) is 23.4 Å². The minimum absolute atomic E-state index is 0.0942. The summed E-state index contributed by atoms with van der Waals surface area (Å²) in [5.74, 6) is -2.70. The van der Waals surface area contributed by atoms with Gasteiger partial charge in [-0.15, -0.1) is 0 Å². The Morgan fingerprint density at radius 3 is 1.59 bits per heavy atom. The molecule has 0 aliphatic carbocycles. The quantitative estimate of drug-likeness (QED) is 0.0169. The van der Waals surface area contributed by atoms with Crippen molar-refractivity contribution in [3.63, 3.8) is 0 Å². The van der Waals surface area contributed by atoms with Crippen molar-refractivity contribution in [2.24, 2.45) is 5.73 Å². The lowest BCUT2D eigenvalue weighted by Gasteiger charge is -2.20. The highest BCUT2D eigenvalue weighted by atomic mass is 31.2. The van der Waals surface area contributed by atoms with Gasteiger partial charge in [0.1, 0.15) is 12.6 Å². The van der Waals surface area contributed by atoms with Crippen LogP contribution in [0.15, 0.2) is 48.6 Å². The Labute approximate surface area is 349 Å². The SMILES string of the molecule is CC/C=C\C/C=C\C/C=C\C/C=C\C[C@H](O)[C@@H](O)CCCC(=O)OC[C@H](COP(=O)(O)OC[C@H](N)C(=O)O)OC(=O)CCCCCCCCCCCCCCCCC. The van der Waals surface area contributed by atoms with Gasteiger partial charge in [0, 0.05) is 12.8 Å². The van der Waals surface area contributed by atoms with Crippen LogP contribution in [0.25, 0.3) is 0 Å².